The molecule has 168 valence electrons. The van der Waals surface area contributed by atoms with Gasteiger partial charge in [-0.05, 0) is 36.8 Å². The van der Waals surface area contributed by atoms with Crippen LogP contribution in [0.2, 0.25) is 0 Å². The van der Waals surface area contributed by atoms with Crippen LogP contribution in [-0.4, -0.2) is 51.5 Å². The van der Waals surface area contributed by atoms with Crippen molar-refractivity contribution in [3.05, 3.63) is 65.3 Å². The van der Waals surface area contributed by atoms with E-state index >= 15 is 0 Å². The molecule has 0 bridgehead atoms. The molecule has 1 aliphatic heterocycles. The normalized spacial score (nSPS) is 13.5. The maximum absolute atomic E-state index is 11.3. The molecular formula is C22H24N10O. The highest BCUT2D eigenvalue weighted by atomic mass is 16.6. The lowest BCUT2D eigenvalue weighted by Crippen LogP contribution is -2.37. The van der Waals surface area contributed by atoms with Crippen LogP contribution in [0.5, 0.6) is 0 Å². The maximum atomic E-state index is 11.3. The van der Waals surface area contributed by atoms with Crippen LogP contribution >= 0.6 is 0 Å². The fourth-order valence-electron chi connectivity index (χ4n) is 4.13. The molecule has 1 aromatic carbocycles. The monoisotopic (exact) mass is 444 g/mol. The number of rotatable bonds is 5. The van der Waals surface area contributed by atoms with E-state index in [0.717, 1.165) is 33.3 Å². The summed E-state index contributed by atoms with van der Waals surface area (Å²) in [4.78, 5) is 10.6. The zero-order chi connectivity index (χ0) is 23.1. The zero-order valence-electron chi connectivity index (χ0n) is 18.6. The molecule has 0 atom stereocenters. The molecule has 0 spiro atoms. The van der Waals surface area contributed by atoms with E-state index in [9.17, 15) is 5.21 Å². The Bertz CT molecular complexity index is 1360. The third kappa shape index (κ3) is 3.88. The lowest BCUT2D eigenvalue weighted by atomic mass is 9.99. The largest absolute Gasteiger partial charge is 0.278 e. The van der Waals surface area contributed by atoms with E-state index in [4.69, 9.17) is 5.41 Å². The topological polar surface area (TPSA) is 125 Å². The maximum Gasteiger partial charge on any atom is 0.225 e. The summed E-state index contributed by atoms with van der Waals surface area (Å²) in [5.74, 6) is 1.08. The third-order valence-electron chi connectivity index (χ3n) is 5.51. The highest BCUT2D eigenvalue weighted by molar-refractivity contribution is 5.88. The van der Waals surface area contributed by atoms with E-state index in [2.05, 4.69) is 25.4 Å². The first-order valence-electron chi connectivity index (χ1n) is 10.6. The van der Waals surface area contributed by atoms with Gasteiger partial charge in [0.05, 0.1) is 18.3 Å². The molecule has 11 nitrogen and oxygen atoms in total. The number of anilines is 1. The molecule has 3 aromatic heterocycles. The minimum Gasteiger partial charge on any atom is -0.278 e. The van der Waals surface area contributed by atoms with Crippen LogP contribution in [0.4, 0.5) is 5.82 Å². The first-order chi connectivity index (χ1) is 15.9. The second kappa shape index (κ2) is 8.19. The van der Waals surface area contributed by atoms with Crippen LogP contribution < -0.4 is 10.8 Å². The Hall–Kier alpha value is -3.96. The van der Waals surface area contributed by atoms with Crippen LogP contribution in [0.15, 0.2) is 42.5 Å². The molecule has 0 amide bonds. The summed E-state index contributed by atoms with van der Waals surface area (Å²) >= 11 is 0. The average Bonchev–Trinajstić information content (AvgIpc) is 3.35. The minimum atomic E-state index is 0.0641. The van der Waals surface area contributed by atoms with Gasteiger partial charge < -0.3 is 0 Å². The molecular weight excluding hydrogens is 420 g/mol. The van der Waals surface area contributed by atoms with Gasteiger partial charge in [0.25, 0.3) is 0 Å². The van der Waals surface area contributed by atoms with Gasteiger partial charge in [0, 0.05) is 29.9 Å². The number of benzene rings is 1. The van der Waals surface area contributed by atoms with Gasteiger partial charge in [-0.1, -0.05) is 30.3 Å². The summed E-state index contributed by atoms with van der Waals surface area (Å²) in [5, 5.41) is 34.8. The van der Waals surface area contributed by atoms with Gasteiger partial charge in [-0.2, -0.15) is 15.0 Å². The van der Waals surface area contributed by atoms with E-state index in [-0.39, 0.29) is 12.3 Å². The number of hydrazine groups is 1. The van der Waals surface area contributed by atoms with Crippen LogP contribution in [-0.2, 0) is 20.1 Å². The van der Waals surface area contributed by atoms with Gasteiger partial charge in [0.2, 0.25) is 5.62 Å². The lowest BCUT2D eigenvalue weighted by molar-refractivity contribution is 0.0696. The molecule has 0 saturated heterocycles. The molecule has 0 unspecified atom stereocenters. The summed E-state index contributed by atoms with van der Waals surface area (Å²) in [7, 11) is 1.71. The Morgan fingerprint density at radius 3 is 2.42 bits per heavy atom. The molecule has 5 rings (SSSR count). The number of nitrogens with zero attached hydrogens (tertiary/aromatic N) is 9. The summed E-state index contributed by atoms with van der Waals surface area (Å²) in [6, 6.07) is 13.7. The van der Waals surface area contributed by atoms with Crippen molar-refractivity contribution < 1.29 is 5.21 Å². The van der Waals surface area contributed by atoms with Gasteiger partial charge in [-0.15, -0.1) is 10.2 Å². The Labute approximate surface area is 190 Å². The number of aryl methyl sites for hydroxylation is 3. The Balaban J connectivity index is 1.63. The first-order valence-corrected chi connectivity index (χ1v) is 10.6. The van der Waals surface area contributed by atoms with Crippen LogP contribution in [0.3, 0.4) is 0 Å². The molecule has 1 aliphatic rings. The average molecular weight is 445 g/mol. The van der Waals surface area contributed by atoms with Crippen molar-refractivity contribution in [2.45, 2.75) is 26.9 Å². The van der Waals surface area contributed by atoms with Gasteiger partial charge >= 0.3 is 0 Å². The number of fused-ring (bicyclic) bond motifs is 1. The highest BCUT2D eigenvalue weighted by Crippen LogP contribution is 2.40. The SMILES string of the molecule is Cc1cc(-c2c(-c3ccccc3)nc(=N)n3c2N(O)N(CCc2nnn(C)n2)C3)cc(C)n1. The van der Waals surface area contributed by atoms with E-state index in [1.54, 1.807) is 16.6 Å². The highest BCUT2D eigenvalue weighted by Gasteiger charge is 2.32. The van der Waals surface area contributed by atoms with Crippen molar-refractivity contribution in [3.63, 3.8) is 0 Å². The Kier molecular flexibility index (Phi) is 5.19. The third-order valence-corrected chi connectivity index (χ3v) is 5.51. The molecule has 0 fully saturated rings. The summed E-state index contributed by atoms with van der Waals surface area (Å²) in [5.41, 5.74) is 4.92. The van der Waals surface area contributed by atoms with E-state index in [0.29, 0.717) is 30.3 Å². The van der Waals surface area contributed by atoms with Crippen LogP contribution in [0.1, 0.15) is 17.2 Å². The number of hydrogen-bond donors (Lipinski definition) is 2. The second-order valence-electron chi connectivity index (χ2n) is 8.02. The molecule has 2 N–H and O–H groups in total. The molecule has 4 heterocycles. The minimum absolute atomic E-state index is 0.0641. The second-order valence-corrected chi connectivity index (χ2v) is 8.02. The van der Waals surface area contributed by atoms with Crippen molar-refractivity contribution in [1.29, 1.82) is 5.41 Å². The number of aromatic nitrogens is 7. The molecule has 4 aromatic rings. The quantitative estimate of drug-likeness (QED) is 0.478. The van der Waals surface area contributed by atoms with Gasteiger partial charge in [-0.3, -0.25) is 20.2 Å². The zero-order valence-corrected chi connectivity index (χ0v) is 18.6. The number of nitrogens with one attached hydrogen (secondary N) is 1. The van der Waals surface area contributed by atoms with Crippen LogP contribution in [0, 0.1) is 19.3 Å². The molecule has 11 heteroatoms. The van der Waals surface area contributed by atoms with Gasteiger partial charge in [0.1, 0.15) is 6.67 Å². The smallest absolute Gasteiger partial charge is 0.225 e. The number of hydrogen-bond acceptors (Lipinski definition) is 9. The number of pyridine rings is 1. The van der Waals surface area contributed by atoms with Crippen molar-refractivity contribution >= 4 is 5.82 Å². The summed E-state index contributed by atoms with van der Waals surface area (Å²) in [6.45, 7) is 4.60. The fourth-order valence-corrected chi connectivity index (χ4v) is 4.13. The van der Waals surface area contributed by atoms with Crippen molar-refractivity contribution in [2.24, 2.45) is 7.05 Å². The number of tetrazole rings is 1. The fraction of sp³-hybridized carbons (Fsp3) is 0.273. The predicted octanol–water partition coefficient (Wildman–Crippen LogP) is 1.86. The van der Waals surface area contributed by atoms with E-state index < -0.39 is 0 Å². The molecule has 0 aliphatic carbocycles. The molecule has 0 saturated carbocycles. The van der Waals surface area contributed by atoms with Gasteiger partial charge in [0.15, 0.2) is 11.6 Å². The van der Waals surface area contributed by atoms with E-state index in [1.165, 1.54) is 4.80 Å². The Morgan fingerprint density at radius 2 is 1.76 bits per heavy atom. The molecule has 33 heavy (non-hydrogen) atoms. The summed E-state index contributed by atoms with van der Waals surface area (Å²) < 4.78 is 1.69. The van der Waals surface area contributed by atoms with Crippen molar-refractivity contribution in [2.75, 3.05) is 11.7 Å². The first kappa shape index (κ1) is 20.9. The Morgan fingerprint density at radius 1 is 1.03 bits per heavy atom. The standard InChI is InChI=1S/C22H24N10O/c1-14-11-17(12-15(2)24-14)19-20(16-7-5-4-6-8-16)25-22(23)31-13-30(32(33)21(19)31)10-9-18-26-28-29(3)27-18/h4-8,11-12,23,33H,9-10,13H2,1-3H3. The summed E-state index contributed by atoms with van der Waals surface area (Å²) in [6.07, 6.45) is 0.495. The predicted molar refractivity (Wildman–Crippen MR) is 120 cm³/mol. The van der Waals surface area contributed by atoms with Crippen molar-refractivity contribution in [1.82, 2.24) is 39.8 Å². The molecule has 0 radical (unpaired) electrons. The van der Waals surface area contributed by atoms with E-state index in [1.807, 2.05) is 56.3 Å². The lowest BCUT2D eigenvalue weighted by Gasteiger charge is -2.23. The van der Waals surface area contributed by atoms with Gasteiger partial charge in [-0.25, -0.2) is 4.98 Å². The van der Waals surface area contributed by atoms with Crippen molar-refractivity contribution in [3.8, 4) is 22.4 Å². The van der Waals surface area contributed by atoms with Crippen LogP contribution in [0.25, 0.3) is 22.4 Å².